The average Bonchev–Trinajstić information content (AvgIpc) is 3.10. The van der Waals surface area contributed by atoms with Crippen molar-refractivity contribution < 1.29 is 9.53 Å². The summed E-state index contributed by atoms with van der Waals surface area (Å²) in [6.45, 7) is 6.06. The van der Waals surface area contributed by atoms with E-state index in [1.54, 1.807) is 4.68 Å². The van der Waals surface area contributed by atoms with Crippen molar-refractivity contribution in [2.45, 2.75) is 13.5 Å². The summed E-state index contributed by atoms with van der Waals surface area (Å²) in [7, 11) is 0. The Kier molecular flexibility index (Phi) is 6.03. The normalized spacial score (nSPS) is 14.7. The number of ether oxygens (including phenoxy) is 1. The molecule has 1 aromatic heterocycles. The average molecular weight is 456 g/mol. The highest BCUT2D eigenvalue weighted by atomic mass is 79.9. The number of carbonyl (C=O) groups is 1. The van der Waals surface area contributed by atoms with Crippen LogP contribution in [0.3, 0.4) is 0 Å². The van der Waals surface area contributed by atoms with E-state index < -0.39 is 0 Å². The van der Waals surface area contributed by atoms with Crippen molar-refractivity contribution in [1.29, 1.82) is 0 Å². The lowest BCUT2D eigenvalue weighted by Crippen LogP contribution is -2.35. The smallest absolute Gasteiger partial charge is 0.278 e. The zero-order valence-electron chi connectivity index (χ0n) is 16.1. The van der Waals surface area contributed by atoms with E-state index >= 15 is 0 Å². The zero-order valence-corrected chi connectivity index (χ0v) is 17.7. The Morgan fingerprint density at radius 3 is 2.76 bits per heavy atom. The van der Waals surface area contributed by atoms with Crippen molar-refractivity contribution >= 4 is 27.5 Å². The lowest BCUT2D eigenvalue weighted by Gasteiger charge is -2.26. The van der Waals surface area contributed by atoms with Gasteiger partial charge in [0.1, 0.15) is 0 Å². The molecule has 150 valence electrons. The van der Waals surface area contributed by atoms with Crippen LogP contribution in [0.15, 0.2) is 53.0 Å². The first-order valence-electron chi connectivity index (χ1n) is 9.49. The Hall–Kier alpha value is -2.55. The molecule has 1 saturated heterocycles. The summed E-state index contributed by atoms with van der Waals surface area (Å²) < 4.78 is 8.00. The van der Waals surface area contributed by atoms with E-state index in [1.807, 2.05) is 49.4 Å². The van der Waals surface area contributed by atoms with Crippen molar-refractivity contribution in [2.24, 2.45) is 0 Å². The topological polar surface area (TPSA) is 72.3 Å². The summed E-state index contributed by atoms with van der Waals surface area (Å²) in [5.41, 5.74) is 3.74. The van der Waals surface area contributed by atoms with Gasteiger partial charge in [-0.05, 0) is 42.8 Å². The molecule has 0 saturated carbocycles. The number of amides is 1. The molecule has 0 spiro atoms. The first kappa shape index (κ1) is 19.8. The first-order valence-corrected chi connectivity index (χ1v) is 10.3. The number of hydrogen-bond donors (Lipinski definition) is 1. The Morgan fingerprint density at radius 2 is 1.97 bits per heavy atom. The Labute approximate surface area is 177 Å². The van der Waals surface area contributed by atoms with E-state index in [2.05, 4.69) is 42.5 Å². The van der Waals surface area contributed by atoms with Crippen molar-refractivity contribution in [1.82, 2.24) is 19.9 Å². The molecule has 1 N–H and O–H groups in total. The molecule has 1 aliphatic heterocycles. The van der Waals surface area contributed by atoms with Crippen molar-refractivity contribution in [3.05, 3.63) is 70.0 Å². The highest BCUT2D eigenvalue weighted by Crippen LogP contribution is 2.19. The number of morpholine rings is 1. The molecule has 1 amide bonds. The summed E-state index contributed by atoms with van der Waals surface area (Å²) in [6, 6.07) is 15.6. The van der Waals surface area contributed by atoms with Crippen LogP contribution in [0.5, 0.6) is 0 Å². The van der Waals surface area contributed by atoms with Gasteiger partial charge in [-0.25, -0.2) is 4.68 Å². The molecule has 2 heterocycles. The fraction of sp³-hybridized carbons (Fsp3) is 0.286. The highest BCUT2D eigenvalue weighted by Gasteiger charge is 2.18. The molecule has 1 aliphatic rings. The van der Waals surface area contributed by atoms with Crippen LogP contribution in [0.1, 0.15) is 21.7 Å². The van der Waals surface area contributed by atoms with Gasteiger partial charge in [-0.15, -0.1) is 5.10 Å². The number of aromatic nitrogens is 3. The molecular weight excluding hydrogens is 434 g/mol. The third-order valence-electron chi connectivity index (χ3n) is 4.86. The van der Waals surface area contributed by atoms with E-state index in [4.69, 9.17) is 4.74 Å². The predicted molar refractivity (Wildman–Crippen MR) is 114 cm³/mol. The maximum atomic E-state index is 12.8. The third-order valence-corrected chi connectivity index (χ3v) is 5.35. The minimum Gasteiger partial charge on any atom is -0.379 e. The van der Waals surface area contributed by atoms with E-state index in [0.717, 1.165) is 54.3 Å². The number of halogens is 1. The van der Waals surface area contributed by atoms with E-state index in [0.29, 0.717) is 11.4 Å². The largest absolute Gasteiger partial charge is 0.379 e. The van der Waals surface area contributed by atoms with Gasteiger partial charge < -0.3 is 10.1 Å². The molecule has 0 aliphatic carbocycles. The molecule has 0 atom stereocenters. The van der Waals surface area contributed by atoms with Gasteiger partial charge in [0.25, 0.3) is 5.91 Å². The fourth-order valence-electron chi connectivity index (χ4n) is 3.35. The second-order valence-electron chi connectivity index (χ2n) is 6.96. The second-order valence-corrected chi connectivity index (χ2v) is 7.87. The molecule has 8 heteroatoms. The molecule has 7 nitrogen and oxygen atoms in total. The summed E-state index contributed by atoms with van der Waals surface area (Å²) in [6.07, 6.45) is 0. The van der Waals surface area contributed by atoms with Gasteiger partial charge in [-0.2, -0.15) is 0 Å². The monoisotopic (exact) mass is 455 g/mol. The van der Waals surface area contributed by atoms with Crippen molar-refractivity contribution in [3.63, 3.8) is 0 Å². The van der Waals surface area contributed by atoms with Gasteiger partial charge in [0, 0.05) is 29.8 Å². The summed E-state index contributed by atoms with van der Waals surface area (Å²) in [5.74, 6) is -0.271. The maximum Gasteiger partial charge on any atom is 0.278 e. The second kappa shape index (κ2) is 8.86. The standard InChI is InChI=1S/C21H22BrN5O2/c1-15-20(24-25-27(15)19-7-3-5-17(22)13-19)21(28)23-18-6-2-4-16(12-18)14-26-8-10-29-11-9-26/h2-7,12-13H,8-11,14H2,1H3,(H,23,28). The van der Waals surface area contributed by atoms with Gasteiger partial charge in [0.05, 0.1) is 24.6 Å². The van der Waals surface area contributed by atoms with E-state index in [-0.39, 0.29) is 5.91 Å². The third kappa shape index (κ3) is 4.72. The van der Waals surface area contributed by atoms with Crippen LogP contribution < -0.4 is 5.32 Å². The maximum absolute atomic E-state index is 12.8. The lowest BCUT2D eigenvalue weighted by molar-refractivity contribution is 0.0342. The lowest BCUT2D eigenvalue weighted by atomic mass is 10.1. The first-order chi connectivity index (χ1) is 14.1. The van der Waals surface area contributed by atoms with Crippen LogP contribution in [-0.2, 0) is 11.3 Å². The number of rotatable bonds is 5. The van der Waals surface area contributed by atoms with Crippen molar-refractivity contribution in [3.8, 4) is 5.69 Å². The van der Waals surface area contributed by atoms with Gasteiger partial charge in [-0.1, -0.05) is 39.3 Å². The van der Waals surface area contributed by atoms with Crippen LogP contribution in [0, 0.1) is 6.92 Å². The molecule has 0 radical (unpaired) electrons. The Bertz CT molecular complexity index is 1010. The molecule has 0 bridgehead atoms. The van der Waals surface area contributed by atoms with Crippen LogP contribution in [0.4, 0.5) is 5.69 Å². The zero-order chi connectivity index (χ0) is 20.2. The summed E-state index contributed by atoms with van der Waals surface area (Å²) in [4.78, 5) is 15.1. The minimum absolute atomic E-state index is 0.271. The van der Waals surface area contributed by atoms with Crippen LogP contribution in [0.25, 0.3) is 5.69 Å². The van der Waals surface area contributed by atoms with Crippen LogP contribution >= 0.6 is 15.9 Å². The van der Waals surface area contributed by atoms with Gasteiger partial charge in [0.15, 0.2) is 5.69 Å². The van der Waals surface area contributed by atoms with Crippen LogP contribution in [-0.4, -0.2) is 52.1 Å². The number of benzene rings is 2. The number of hydrogen-bond acceptors (Lipinski definition) is 5. The van der Waals surface area contributed by atoms with E-state index in [9.17, 15) is 4.79 Å². The summed E-state index contributed by atoms with van der Waals surface area (Å²) in [5, 5.41) is 11.2. The highest BCUT2D eigenvalue weighted by molar-refractivity contribution is 9.10. The molecule has 1 fully saturated rings. The Balaban J connectivity index is 1.48. The molecule has 3 aromatic rings. The molecule has 4 rings (SSSR count). The molecule has 2 aromatic carbocycles. The SMILES string of the molecule is Cc1c(C(=O)Nc2cccc(CN3CCOCC3)c2)nnn1-c1cccc(Br)c1. The quantitative estimate of drug-likeness (QED) is 0.637. The number of nitrogens with one attached hydrogen (secondary N) is 1. The molecular formula is C21H22BrN5O2. The minimum atomic E-state index is -0.271. The van der Waals surface area contributed by atoms with Crippen molar-refractivity contribution in [2.75, 3.05) is 31.6 Å². The summed E-state index contributed by atoms with van der Waals surface area (Å²) >= 11 is 3.45. The predicted octanol–water partition coefficient (Wildman–Crippen LogP) is 3.42. The van der Waals surface area contributed by atoms with Crippen LogP contribution in [0.2, 0.25) is 0 Å². The number of anilines is 1. The van der Waals surface area contributed by atoms with Gasteiger partial charge >= 0.3 is 0 Å². The number of carbonyl (C=O) groups excluding carboxylic acids is 1. The Morgan fingerprint density at radius 1 is 1.17 bits per heavy atom. The van der Waals surface area contributed by atoms with Gasteiger partial charge in [-0.3, -0.25) is 9.69 Å². The van der Waals surface area contributed by atoms with Gasteiger partial charge in [0.2, 0.25) is 0 Å². The molecule has 0 unspecified atom stereocenters. The fourth-order valence-corrected chi connectivity index (χ4v) is 3.73. The number of nitrogens with zero attached hydrogens (tertiary/aromatic N) is 4. The van der Waals surface area contributed by atoms with E-state index in [1.165, 1.54) is 0 Å². The molecule has 29 heavy (non-hydrogen) atoms.